The molecular weight excluding hydrogens is 246 g/mol. The van der Waals surface area contributed by atoms with Crippen molar-refractivity contribution in [3.05, 3.63) is 46.6 Å². The van der Waals surface area contributed by atoms with Gasteiger partial charge in [-0.05, 0) is 37.3 Å². The van der Waals surface area contributed by atoms with E-state index in [-0.39, 0.29) is 11.5 Å². The fourth-order valence-electron chi connectivity index (χ4n) is 2.09. The number of furan rings is 1. The molecule has 3 rings (SSSR count). The van der Waals surface area contributed by atoms with Crippen LogP contribution >= 0.6 is 0 Å². The van der Waals surface area contributed by atoms with Gasteiger partial charge in [0.15, 0.2) is 17.6 Å². The van der Waals surface area contributed by atoms with Crippen LogP contribution < -0.4 is 5.76 Å². The number of carbonyl (C=O) groups excluding carboxylic acids is 1. The molecule has 2 aromatic heterocycles. The summed E-state index contributed by atoms with van der Waals surface area (Å²) < 4.78 is 12.1. The number of rotatable bonds is 3. The summed E-state index contributed by atoms with van der Waals surface area (Å²) in [6, 6.07) is 8.68. The molecule has 0 atom stereocenters. The molecule has 0 aliphatic heterocycles. The van der Waals surface area contributed by atoms with Crippen LogP contribution in [0.3, 0.4) is 0 Å². The molecule has 1 aromatic carbocycles. The van der Waals surface area contributed by atoms with Crippen molar-refractivity contribution in [1.29, 1.82) is 0 Å². The minimum absolute atomic E-state index is 0.266. The standard InChI is InChI=1S/C14H11NO4/c1-2-15-11-5-3-9(7-13(11)19-14(15)17)12-6-4-10(8-16)18-12/h3-8H,2H2,1H3. The molecule has 0 saturated heterocycles. The number of hydrogen-bond donors (Lipinski definition) is 0. The lowest BCUT2D eigenvalue weighted by molar-refractivity contribution is 0.110. The van der Waals surface area contributed by atoms with Crippen LogP contribution in [0, 0.1) is 0 Å². The maximum Gasteiger partial charge on any atom is 0.419 e. The van der Waals surface area contributed by atoms with Gasteiger partial charge in [-0.15, -0.1) is 0 Å². The van der Waals surface area contributed by atoms with Crippen LogP contribution in [0.25, 0.3) is 22.4 Å². The van der Waals surface area contributed by atoms with Gasteiger partial charge in [-0.3, -0.25) is 9.36 Å². The highest BCUT2D eigenvalue weighted by Gasteiger charge is 2.10. The van der Waals surface area contributed by atoms with Gasteiger partial charge in [-0.2, -0.15) is 0 Å². The Morgan fingerprint density at radius 1 is 1.21 bits per heavy atom. The van der Waals surface area contributed by atoms with E-state index in [0.717, 1.165) is 11.1 Å². The molecule has 5 heteroatoms. The van der Waals surface area contributed by atoms with Gasteiger partial charge in [0.25, 0.3) is 0 Å². The predicted octanol–water partition coefficient (Wildman–Crippen LogP) is 2.69. The number of fused-ring (bicyclic) bond motifs is 1. The highest BCUT2D eigenvalue weighted by molar-refractivity contribution is 5.80. The number of oxazole rings is 1. The number of aryl methyl sites for hydroxylation is 1. The first-order valence-electron chi connectivity index (χ1n) is 5.91. The Morgan fingerprint density at radius 2 is 2.05 bits per heavy atom. The monoisotopic (exact) mass is 257 g/mol. The molecule has 0 radical (unpaired) electrons. The summed E-state index contributed by atoms with van der Waals surface area (Å²) in [7, 11) is 0. The normalized spacial score (nSPS) is 11.0. The number of hydrogen-bond acceptors (Lipinski definition) is 4. The summed E-state index contributed by atoms with van der Waals surface area (Å²) in [6.45, 7) is 2.44. The summed E-state index contributed by atoms with van der Waals surface area (Å²) in [6.07, 6.45) is 0.649. The lowest BCUT2D eigenvalue weighted by Gasteiger charge is -1.98. The summed E-state index contributed by atoms with van der Waals surface area (Å²) in [4.78, 5) is 22.2. The van der Waals surface area contributed by atoms with Gasteiger partial charge in [-0.1, -0.05) is 0 Å². The van der Waals surface area contributed by atoms with E-state index in [1.165, 1.54) is 0 Å². The van der Waals surface area contributed by atoms with Gasteiger partial charge < -0.3 is 8.83 Å². The molecule has 0 aliphatic carbocycles. The summed E-state index contributed by atoms with van der Waals surface area (Å²) >= 11 is 0. The average Bonchev–Trinajstić information content (AvgIpc) is 3.00. The van der Waals surface area contributed by atoms with E-state index in [9.17, 15) is 9.59 Å². The Hall–Kier alpha value is -2.56. The second-order valence-electron chi connectivity index (χ2n) is 4.11. The molecule has 0 aliphatic rings. The van der Waals surface area contributed by atoms with E-state index in [0.29, 0.717) is 24.2 Å². The smallest absolute Gasteiger partial charge is 0.419 e. The minimum Gasteiger partial charge on any atom is -0.453 e. The van der Waals surface area contributed by atoms with Crippen molar-refractivity contribution in [2.75, 3.05) is 0 Å². The van der Waals surface area contributed by atoms with Crippen molar-refractivity contribution in [1.82, 2.24) is 4.57 Å². The largest absolute Gasteiger partial charge is 0.453 e. The Morgan fingerprint density at radius 3 is 2.74 bits per heavy atom. The van der Waals surface area contributed by atoms with Crippen LogP contribution in [0.5, 0.6) is 0 Å². The van der Waals surface area contributed by atoms with Gasteiger partial charge in [0.2, 0.25) is 0 Å². The number of aldehydes is 1. The zero-order chi connectivity index (χ0) is 13.4. The van der Waals surface area contributed by atoms with Crippen molar-refractivity contribution in [3.8, 4) is 11.3 Å². The lowest BCUT2D eigenvalue weighted by Crippen LogP contribution is -2.11. The van der Waals surface area contributed by atoms with E-state index in [1.807, 2.05) is 19.1 Å². The van der Waals surface area contributed by atoms with E-state index in [2.05, 4.69) is 0 Å². The quantitative estimate of drug-likeness (QED) is 0.676. The molecule has 0 amide bonds. The van der Waals surface area contributed by atoms with Crippen LogP contribution in [0.2, 0.25) is 0 Å². The number of benzene rings is 1. The highest BCUT2D eigenvalue weighted by Crippen LogP contribution is 2.25. The second-order valence-corrected chi connectivity index (χ2v) is 4.11. The summed E-state index contributed by atoms with van der Waals surface area (Å²) in [5.41, 5.74) is 2.02. The topological polar surface area (TPSA) is 65.3 Å². The lowest BCUT2D eigenvalue weighted by atomic mass is 10.1. The van der Waals surface area contributed by atoms with E-state index in [1.54, 1.807) is 22.8 Å². The zero-order valence-corrected chi connectivity index (χ0v) is 10.3. The van der Waals surface area contributed by atoms with Crippen LogP contribution in [-0.4, -0.2) is 10.9 Å². The number of aromatic nitrogens is 1. The fraction of sp³-hybridized carbons (Fsp3) is 0.143. The van der Waals surface area contributed by atoms with Gasteiger partial charge in [0.1, 0.15) is 5.76 Å². The molecule has 0 saturated carbocycles. The highest BCUT2D eigenvalue weighted by atomic mass is 16.4. The van der Waals surface area contributed by atoms with Crippen molar-refractivity contribution in [2.24, 2.45) is 0 Å². The molecule has 19 heavy (non-hydrogen) atoms. The van der Waals surface area contributed by atoms with Gasteiger partial charge in [0, 0.05) is 12.1 Å². The Bertz CT molecular complexity index is 806. The van der Waals surface area contributed by atoms with Crippen LogP contribution in [0.1, 0.15) is 17.5 Å². The predicted molar refractivity (Wildman–Crippen MR) is 69.2 cm³/mol. The van der Waals surface area contributed by atoms with Crippen LogP contribution in [-0.2, 0) is 6.54 Å². The maximum absolute atomic E-state index is 11.6. The summed E-state index contributed by atoms with van der Waals surface area (Å²) in [5, 5.41) is 0. The van der Waals surface area contributed by atoms with E-state index >= 15 is 0 Å². The third-order valence-corrected chi connectivity index (χ3v) is 3.01. The second kappa shape index (κ2) is 4.28. The molecule has 0 spiro atoms. The molecular formula is C14H11NO4. The average molecular weight is 257 g/mol. The summed E-state index contributed by atoms with van der Waals surface area (Å²) in [5.74, 6) is 0.459. The van der Waals surface area contributed by atoms with Crippen molar-refractivity contribution in [2.45, 2.75) is 13.5 Å². The molecule has 0 fully saturated rings. The molecule has 0 bridgehead atoms. The number of nitrogens with zero attached hydrogens (tertiary/aromatic N) is 1. The van der Waals surface area contributed by atoms with Gasteiger partial charge >= 0.3 is 5.76 Å². The molecule has 2 heterocycles. The van der Waals surface area contributed by atoms with E-state index < -0.39 is 0 Å². The van der Waals surface area contributed by atoms with Crippen molar-refractivity contribution < 1.29 is 13.6 Å². The first kappa shape index (κ1) is 11.5. The third kappa shape index (κ3) is 1.79. The SMILES string of the molecule is CCn1c(=O)oc2cc(-c3ccc(C=O)o3)ccc21. The molecule has 0 unspecified atom stereocenters. The van der Waals surface area contributed by atoms with Gasteiger partial charge in [0.05, 0.1) is 5.52 Å². The minimum atomic E-state index is -0.373. The molecule has 5 nitrogen and oxygen atoms in total. The fourth-order valence-corrected chi connectivity index (χ4v) is 2.09. The Kier molecular flexibility index (Phi) is 2.59. The van der Waals surface area contributed by atoms with Crippen LogP contribution in [0.4, 0.5) is 0 Å². The first-order valence-corrected chi connectivity index (χ1v) is 5.91. The van der Waals surface area contributed by atoms with Gasteiger partial charge in [-0.25, -0.2) is 4.79 Å². The Labute approximate surface area is 108 Å². The van der Waals surface area contributed by atoms with E-state index in [4.69, 9.17) is 8.83 Å². The Balaban J connectivity index is 2.16. The number of carbonyl (C=O) groups is 1. The third-order valence-electron chi connectivity index (χ3n) is 3.01. The molecule has 0 N–H and O–H groups in total. The van der Waals surface area contributed by atoms with Crippen molar-refractivity contribution >= 4 is 17.4 Å². The van der Waals surface area contributed by atoms with Crippen molar-refractivity contribution in [3.63, 3.8) is 0 Å². The molecule has 96 valence electrons. The maximum atomic E-state index is 11.6. The first-order chi connectivity index (χ1) is 9.22. The zero-order valence-electron chi connectivity index (χ0n) is 10.3. The van der Waals surface area contributed by atoms with Crippen LogP contribution in [0.15, 0.2) is 44.0 Å². The molecule has 3 aromatic rings.